The van der Waals surface area contributed by atoms with E-state index in [2.05, 4.69) is 12.6 Å². The van der Waals surface area contributed by atoms with Crippen molar-refractivity contribution in [1.82, 2.24) is 4.90 Å². The Morgan fingerprint density at radius 3 is 2.71 bits per heavy atom. The number of rotatable bonds is 1. The van der Waals surface area contributed by atoms with Crippen LogP contribution in [-0.4, -0.2) is 29.9 Å². The molecule has 2 rings (SSSR count). The van der Waals surface area contributed by atoms with Crippen LogP contribution in [0.5, 0.6) is 0 Å². The van der Waals surface area contributed by atoms with Gasteiger partial charge in [0.1, 0.15) is 5.82 Å². The Hall–Kier alpha value is -1.07. The number of amides is 1. The van der Waals surface area contributed by atoms with Gasteiger partial charge in [-0.3, -0.25) is 4.79 Å². The standard InChI is InChI=1S/C12H15FN2OS/c13-11-2-1-9(17)7-10(11)12(16)15-5-3-8(14)4-6-15/h1-2,7-8,17H,3-6,14H2. The van der Waals surface area contributed by atoms with Crippen LogP contribution in [0.2, 0.25) is 0 Å². The zero-order valence-corrected chi connectivity index (χ0v) is 10.3. The fraction of sp³-hybridized carbons (Fsp3) is 0.417. The number of carbonyl (C=O) groups excluding carboxylic acids is 1. The van der Waals surface area contributed by atoms with Gasteiger partial charge in [0, 0.05) is 24.0 Å². The first-order valence-electron chi connectivity index (χ1n) is 5.61. The fourth-order valence-corrected chi connectivity index (χ4v) is 2.15. The third-order valence-corrected chi connectivity index (χ3v) is 3.29. The van der Waals surface area contributed by atoms with Crippen molar-refractivity contribution in [3.8, 4) is 0 Å². The van der Waals surface area contributed by atoms with Crippen molar-refractivity contribution < 1.29 is 9.18 Å². The molecule has 0 bridgehead atoms. The number of nitrogens with zero attached hydrogens (tertiary/aromatic N) is 1. The number of hydrogen-bond acceptors (Lipinski definition) is 3. The van der Waals surface area contributed by atoms with Crippen LogP contribution >= 0.6 is 12.6 Å². The Kier molecular flexibility index (Phi) is 3.69. The van der Waals surface area contributed by atoms with E-state index in [-0.39, 0.29) is 17.5 Å². The van der Waals surface area contributed by atoms with Gasteiger partial charge in [0.25, 0.3) is 5.91 Å². The Morgan fingerprint density at radius 1 is 1.41 bits per heavy atom. The minimum atomic E-state index is -0.498. The van der Waals surface area contributed by atoms with Crippen molar-refractivity contribution in [1.29, 1.82) is 0 Å². The van der Waals surface area contributed by atoms with Gasteiger partial charge in [-0.15, -0.1) is 12.6 Å². The molecule has 0 aromatic heterocycles. The van der Waals surface area contributed by atoms with E-state index < -0.39 is 5.82 Å². The number of nitrogens with two attached hydrogens (primary N) is 1. The summed E-state index contributed by atoms with van der Waals surface area (Å²) in [4.78, 5) is 14.3. The molecule has 1 fully saturated rings. The summed E-state index contributed by atoms with van der Waals surface area (Å²) in [6.45, 7) is 1.19. The normalized spacial score (nSPS) is 17.2. The first-order chi connectivity index (χ1) is 8.08. The average Bonchev–Trinajstić information content (AvgIpc) is 2.32. The molecule has 1 aliphatic heterocycles. The van der Waals surface area contributed by atoms with Crippen LogP contribution in [0.25, 0.3) is 0 Å². The van der Waals surface area contributed by atoms with Gasteiger partial charge < -0.3 is 10.6 Å². The van der Waals surface area contributed by atoms with Gasteiger partial charge >= 0.3 is 0 Å². The number of carbonyl (C=O) groups is 1. The third kappa shape index (κ3) is 2.79. The number of halogens is 1. The van der Waals surface area contributed by atoms with Gasteiger partial charge in [-0.1, -0.05) is 0 Å². The third-order valence-electron chi connectivity index (χ3n) is 3.01. The molecule has 0 spiro atoms. The second-order valence-electron chi connectivity index (χ2n) is 4.29. The second-order valence-corrected chi connectivity index (χ2v) is 4.81. The molecule has 92 valence electrons. The van der Waals surface area contributed by atoms with Crippen LogP contribution in [0, 0.1) is 5.82 Å². The van der Waals surface area contributed by atoms with Gasteiger partial charge in [-0.2, -0.15) is 0 Å². The molecule has 0 unspecified atom stereocenters. The zero-order chi connectivity index (χ0) is 12.4. The Balaban J connectivity index is 2.16. The van der Waals surface area contributed by atoms with Gasteiger partial charge in [-0.25, -0.2) is 4.39 Å². The Bertz CT molecular complexity index is 431. The fourth-order valence-electron chi connectivity index (χ4n) is 1.95. The molecule has 2 N–H and O–H groups in total. The largest absolute Gasteiger partial charge is 0.338 e. The Morgan fingerprint density at radius 2 is 2.06 bits per heavy atom. The molecule has 0 aliphatic carbocycles. The van der Waals surface area contributed by atoms with Crippen molar-refractivity contribution in [3.63, 3.8) is 0 Å². The highest BCUT2D eigenvalue weighted by atomic mass is 32.1. The van der Waals surface area contributed by atoms with E-state index in [0.717, 1.165) is 12.8 Å². The van der Waals surface area contributed by atoms with Crippen molar-refractivity contribution >= 4 is 18.5 Å². The van der Waals surface area contributed by atoms with Crippen LogP contribution < -0.4 is 5.73 Å². The lowest BCUT2D eigenvalue weighted by Crippen LogP contribution is -2.43. The van der Waals surface area contributed by atoms with Crippen molar-refractivity contribution in [3.05, 3.63) is 29.6 Å². The first kappa shape index (κ1) is 12.4. The van der Waals surface area contributed by atoms with E-state index in [9.17, 15) is 9.18 Å². The van der Waals surface area contributed by atoms with Gasteiger partial charge in [0.15, 0.2) is 0 Å². The zero-order valence-electron chi connectivity index (χ0n) is 9.40. The molecule has 17 heavy (non-hydrogen) atoms. The lowest BCUT2D eigenvalue weighted by Gasteiger charge is -2.30. The van der Waals surface area contributed by atoms with E-state index in [1.807, 2.05) is 0 Å². The minimum absolute atomic E-state index is 0.0907. The SMILES string of the molecule is NC1CCN(C(=O)c2cc(S)ccc2F)CC1. The molecule has 5 heteroatoms. The van der Waals surface area contributed by atoms with Crippen molar-refractivity contribution in [2.45, 2.75) is 23.8 Å². The quantitative estimate of drug-likeness (QED) is 0.749. The summed E-state index contributed by atoms with van der Waals surface area (Å²) in [5, 5.41) is 0. The smallest absolute Gasteiger partial charge is 0.256 e. The maximum atomic E-state index is 13.5. The highest BCUT2D eigenvalue weighted by Gasteiger charge is 2.23. The van der Waals surface area contributed by atoms with E-state index in [1.54, 1.807) is 4.90 Å². The molecule has 1 amide bonds. The topological polar surface area (TPSA) is 46.3 Å². The predicted octanol–water partition coefficient (Wildman–Crippen LogP) is 1.68. The van der Waals surface area contributed by atoms with E-state index >= 15 is 0 Å². The second kappa shape index (κ2) is 5.06. The van der Waals surface area contributed by atoms with Crippen LogP contribution in [0.15, 0.2) is 23.1 Å². The lowest BCUT2D eigenvalue weighted by molar-refractivity contribution is 0.0709. The predicted molar refractivity (Wildman–Crippen MR) is 66.8 cm³/mol. The summed E-state index contributed by atoms with van der Waals surface area (Å²) < 4.78 is 13.5. The summed E-state index contributed by atoms with van der Waals surface area (Å²) in [6.07, 6.45) is 1.54. The number of benzene rings is 1. The highest BCUT2D eigenvalue weighted by Crippen LogP contribution is 2.18. The molecule has 3 nitrogen and oxygen atoms in total. The molecule has 1 heterocycles. The number of thiol groups is 1. The maximum absolute atomic E-state index is 13.5. The number of likely N-dealkylation sites (tertiary alicyclic amines) is 1. The van der Waals surface area contributed by atoms with E-state index in [4.69, 9.17) is 5.73 Å². The van der Waals surface area contributed by atoms with Gasteiger partial charge in [-0.05, 0) is 31.0 Å². The number of hydrogen-bond donors (Lipinski definition) is 2. The molecule has 1 aliphatic rings. The maximum Gasteiger partial charge on any atom is 0.256 e. The molecule has 0 radical (unpaired) electrons. The molecule has 1 aromatic rings. The molecule has 0 saturated carbocycles. The Labute approximate surface area is 105 Å². The van der Waals surface area contributed by atoms with Crippen LogP contribution in [0.1, 0.15) is 23.2 Å². The first-order valence-corrected chi connectivity index (χ1v) is 6.06. The molecular formula is C12H15FN2OS. The summed E-state index contributed by atoms with van der Waals surface area (Å²) >= 11 is 4.12. The van der Waals surface area contributed by atoms with E-state index in [1.165, 1.54) is 18.2 Å². The molecular weight excluding hydrogens is 239 g/mol. The summed E-state index contributed by atoms with van der Waals surface area (Å²) in [5.74, 6) is -0.770. The van der Waals surface area contributed by atoms with Crippen LogP contribution in [0.4, 0.5) is 4.39 Å². The van der Waals surface area contributed by atoms with E-state index in [0.29, 0.717) is 18.0 Å². The molecule has 0 atom stereocenters. The van der Waals surface area contributed by atoms with Crippen LogP contribution in [0.3, 0.4) is 0 Å². The summed E-state index contributed by atoms with van der Waals surface area (Å²) in [7, 11) is 0. The average molecular weight is 254 g/mol. The highest BCUT2D eigenvalue weighted by molar-refractivity contribution is 7.80. The molecule has 1 saturated heterocycles. The van der Waals surface area contributed by atoms with Crippen molar-refractivity contribution in [2.24, 2.45) is 5.73 Å². The van der Waals surface area contributed by atoms with Gasteiger partial charge in [0.2, 0.25) is 0 Å². The molecule has 1 aromatic carbocycles. The van der Waals surface area contributed by atoms with Crippen LogP contribution in [-0.2, 0) is 0 Å². The summed E-state index contributed by atoms with van der Waals surface area (Å²) in [5.41, 5.74) is 5.86. The van der Waals surface area contributed by atoms with Gasteiger partial charge in [0.05, 0.1) is 5.56 Å². The lowest BCUT2D eigenvalue weighted by atomic mass is 10.0. The summed E-state index contributed by atoms with van der Waals surface area (Å²) in [6, 6.07) is 4.42. The monoisotopic (exact) mass is 254 g/mol. The van der Waals surface area contributed by atoms with Crippen molar-refractivity contribution in [2.75, 3.05) is 13.1 Å². The minimum Gasteiger partial charge on any atom is -0.338 e. The number of piperidine rings is 1.